The first-order valence-electron chi connectivity index (χ1n) is 1.95. The summed E-state index contributed by atoms with van der Waals surface area (Å²) >= 11 is 15.0. The van der Waals surface area contributed by atoms with Crippen LogP contribution in [-0.2, 0) is 4.79 Å². The van der Waals surface area contributed by atoms with Crippen molar-refractivity contribution in [3.8, 4) is 0 Å². The van der Waals surface area contributed by atoms with Crippen molar-refractivity contribution in [1.82, 2.24) is 0 Å². The van der Waals surface area contributed by atoms with Crippen LogP contribution in [0, 0.1) is 0 Å². The van der Waals surface area contributed by atoms with E-state index in [1.807, 2.05) is 0 Å². The van der Waals surface area contributed by atoms with Crippen LogP contribution in [0.1, 0.15) is 1.37 Å². The molecule has 0 radical (unpaired) electrons. The number of alkyl halides is 2. The van der Waals surface area contributed by atoms with Gasteiger partial charge in [0.1, 0.15) is 5.35 Å². The molecule has 0 bridgehead atoms. The van der Waals surface area contributed by atoms with Crippen molar-refractivity contribution in [2.24, 2.45) is 0 Å². The quantitative estimate of drug-likeness (QED) is 0.445. The number of carbonyl (C=O) groups excluding carboxylic acids is 1. The maximum Gasteiger partial charge on any atom is 0.240 e. The largest absolute Gasteiger partial charge is 0.280 e. The van der Waals surface area contributed by atoms with E-state index in [1.165, 1.54) is 0 Å². The molecule has 0 N–H and O–H groups in total. The molecule has 42 valence electrons. The van der Waals surface area contributed by atoms with Gasteiger partial charge >= 0.3 is 0 Å². The van der Waals surface area contributed by atoms with E-state index in [4.69, 9.17) is 36.2 Å². The molecule has 0 spiro atoms. The number of hydrogen-bond donors (Lipinski definition) is 0. The first-order chi connectivity index (χ1) is 3.50. The highest BCUT2D eigenvalue weighted by Crippen LogP contribution is 2.01. The monoisotopic (exact) mass is 161 g/mol. The van der Waals surface area contributed by atoms with Crippen LogP contribution in [0.2, 0.25) is 0 Å². The minimum Gasteiger partial charge on any atom is -0.280 e. The fourth-order valence-corrected chi connectivity index (χ4v) is 0.309. The number of carbonyl (C=O) groups is 1. The van der Waals surface area contributed by atoms with Gasteiger partial charge in [-0.25, -0.2) is 0 Å². The Morgan fingerprint density at radius 2 is 2.43 bits per heavy atom. The Morgan fingerprint density at radius 3 is 2.43 bits per heavy atom. The summed E-state index contributed by atoms with van der Waals surface area (Å²) in [5.74, 6) is -0.295. The van der Waals surface area contributed by atoms with E-state index in [2.05, 4.69) is 0 Å². The van der Waals surface area contributed by atoms with E-state index in [9.17, 15) is 4.79 Å². The van der Waals surface area contributed by atoms with Crippen LogP contribution in [0.3, 0.4) is 0 Å². The molecule has 0 amide bonds. The van der Waals surface area contributed by atoms with Crippen molar-refractivity contribution in [1.29, 1.82) is 0 Å². The summed E-state index contributed by atoms with van der Waals surface area (Å²) in [6, 6.07) is 0. The van der Waals surface area contributed by atoms with Crippen LogP contribution >= 0.6 is 34.8 Å². The van der Waals surface area contributed by atoms with Crippen LogP contribution in [0.5, 0.6) is 0 Å². The molecule has 1 atom stereocenters. The average Bonchev–Trinajstić information content (AvgIpc) is 1.67. The second-order valence-corrected chi connectivity index (χ2v) is 1.88. The fourth-order valence-electron chi connectivity index (χ4n) is 0.0525. The molecule has 0 aromatic carbocycles. The van der Waals surface area contributed by atoms with Crippen LogP contribution in [0.15, 0.2) is 0 Å². The second kappa shape index (κ2) is 3.53. The van der Waals surface area contributed by atoms with Gasteiger partial charge in [0.05, 0.1) is 1.37 Å². The smallest absolute Gasteiger partial charge is 0.240 e. The fraction of sp³-hybridized carbons (Fsp3) is 0.667. The summed E-state index contributed by atoms with van der Waals surface area (Å²) in [7, 11) is 0. The molecule has 0 fully saturated rings. The second-order valence-electron chi connectivity index (χ2n) is 0.812. The maximum absolute atomic E-state index is 10.1. The molecule has 0 heterocycles. The van der Waals surface area contributed by atoms with Crippen molar-refractivity contribution in [2.45, 2.75) is 5.35 Å². The van der Waals surface area contributed by atoms with Crippen LogP contribution < -0.4 is 0 Å². The van der Waals surface area contributed by atoms with Gasteiger partial charge in [-0.15, -0.1) is 23.2 Å². The lowest BCUT2D eigenvalue weighted by molar-refractivity contribution is -0.111. The molecule has 0 saturated carbocycles. The Morgan fingerprint density at radius 1 is 2.00 bits per heavy atom. The molecular weight excluding hydrogens is 158 g/mol. The van der Waals surface area contributed by atoms with Crippen LogP contribution in [-0.4, -0.2) is 16.5 Å². The molecule has 0 aliphatic rings. The summed E-state index contributed by atoms with van der Waals surface area (Å²) in [6.07, 6.45) is 0. The van der Waals surface area contributed by atoms with Gasteiger partial charge in [-0.3, -0.25) is 4.79 Å². The molecule has 0 aromatic heterocycles. The zero-order valence-corrected chi connectivity index (χ0v) is 5.52. The van der Waals surface area contributed by atoms with Gasteiger partial charge < -0.3 is 0 Å². The predicted molar refractivity (Wildman–Crippen MR) is 31.2 cm³/mol. The van der Waals surface area contributed by atoms with Gasteiger partial charge in [-0.2, -0.15) is 0 Å². The molecule has 7 heavy (non-hydrogen) atoms. The zero-order valence-electron chi connectivity index (χ0n) is 4.25. The summed E-state index contributed by atoms with van der Waals surface area (Å²) in [6.45, 7) is 0. The van der Waals surface area contributed by atoms with Gasteiger partial charge in [0.15, 0.2) is 0 Å². The molecule has 1 nitrogen and oxygen atoms in total. The van der Waals surface area contributed by atoms with Crippen molar-refractivity contribution in [3.63, 3.8) is 0 Å². The molecule has 0 rings (SSSR count). The Hall–Kier alpha value is 0.540. The minimum atomic E-state index is -1.84. The van der Waals surface area contributed by atoms with Crippen molar-refractivity contribution >= 4 is 40.0 Å². The number of halogens is 3. The van der Waals surface area contributed by atoms with Crippen LogP contribution in [0.4, 0.5) is 0 Å². The highest BCUT2D eigenvalue weighted by molar-refractivity contribution is 6.69. The molecule has 0 aliphatic carbocycles. The third-order valence-electron chi connectivity index (χ3n) is 0.331. The van der Waals surface area contributed by atoms with Crippen molar-refractivity contribution < 1.29 is 6.17 Å². The summed E-state index contributed by atoms with van der Waals surface area (Å²) in [5, 5.41) is -2.79. The maximum atomic E-state index is 10.1. The number of rotatable bonds is 2. The van der Waals surface area contributed by atoms with Gasteiger partial charge in [-0.05, 0) is 11.6 Å². The average molecular weight is 162 g/mol. The zero-order chi connectivity index (χ0) is 6.78. The molecular formula is C3H3Cl3O. The highest BCUT2D eigenvalue weighted by atomic mass is 35.5. The lowest BCUT2D eigenvalue weighted by Gasteiger charge is -1.91. The van der Waals surface area contributed by atoms with E-state index in [0.717, 1.165) is 0 Å². The van der Waals surface area contributed by atoms with E-state index < -0.39 is 10.6 Å². The van der Waals surface area contributed by atoms with E-state index in [1.54, 1.807) is 0 Å². The van der Waals surface area contributed by atoms with Crippen molar-refractivity contribution in [3.05, 3.63) is 0 Å². The Labute approximate surface area is 57.9 Å². The summed E-state index contributed by atoms with van der Waals surface area (Å²) < 4.78 is 6.78. The highest BCUT2D eigenvalue weighted by Gasteiger charge is 2.08. The standard InChI is InChI=1S/C3H3Cl3O/c4-1-2(5)3(6)7/h2H,1H2/i2D. The normalized spacial score (nSPS) is 20.1. The van der Waals surface area contributed by atoms with Gasteiger partial charge in [0.2, 0.25) is 5.24 Å². The topological polar surface area (TPSA) is 17.1 Å². The lowest BCUT2D eigenvalue weighted by Crippen LogP contribution is -2.08. The Balaban J connectivity index is 3.91. The van der Waals surface area contributed by atoms with E-state index in [0.29, 0.717) is 0 Å². The van der Waals surface area contributed by atoms with Gasteiger partial charge in [-0.1, -0.05) is 0 Å². The minimum absolute atomic E-state index is 0.295. The molecule has 1 unspecified atom stereocenters. The number of hydrogen-bond acceptors (Lipinski definition) is 1. The molecule has 0 saturated heterocycles. The van der Waals surface area contributed by atoms with E-state index >= 15 is 0 Å². The first-order valence-corrected chi connectivity index (χ1v) is 2.74. The Kier molecular flexibility index (Phi) is 2.86. The lowest BCUT2D eigenvalue weighted by atomic mass is 10.5. The van der Waals surface area contributed by atoms with Gasteiger partial charge in [0.25, 0.3) is 0 Å². The SMILES string of the molecule is [2H]C(Cl)(CCl)C(=O)Cl. The Bertz CT molecular complexity index is 103. The van der Waals surface area contributed by atoms with Gasteiger partial charge in [0, 0.05) is 5.88 Å². The molecule has 0 aromatic rings. The third-order valence-corrected chi connectivity index (χ3v) is 1.36. The third kappa shape index (κ3) is 3.15. The predicted octanol–water partition coefficient (Wildman–Crippen LogP) is 1.60. The van der Waals surface area contributed by atoms with Crippen molar-refractivity contribution in [2.75, 3.05) is 5.88 Å². The first kappa shape index (κ1) is 5.67. The van der Waals surface area contributed by atoms with E-state index in [-0.39, 0.29) is 5.88 Å². The van der Waals surface area contributed by atoms with Crippen LogP contribution in [0.25, 0.3) is 0 Å². The molecule has 0 aliphatic heterocycles. The summed E-state index contributed by atoms with van der Waals surface area (Å²) in [5.41, 5.74) is 0. The molecule has 4 heteroatoms. The summed E-state index contributed by atoms with van der Waals surface area (Å²) in [4.78, 5) is 10.1.